The Morgan fingerprint density at radius 1 is 1.67 bits per heavy atom. The van der Waals surface area contributed by atoms with Crippen molar-refractivity contribution >= 4 is 23.1 Å². The van der Waals surface area contributed by atoms with Gasteiger partial charge in [0, 0.05) is 13.0 Å². The third-order valence-corrected chi connectivity index (χ3v) is 3.93. The van der Waals surface area contributed by atoms with Crippen molar-refractivity contribution in [1.82, 2.24) is 5.32 Å². The van der Waals surface area contributed by atoms with Gasteiger partial charge in [0.25, 0.3) is 0 Å². The first kappa shape index (κ1) is 13.1. The van der Waals surface area contributed by atoms with Crippen LogP contribution < -0.4 is 11.1 Å². The molecule has 1 saturated carbocycles. The maximum absolute atomic E-state index is 12.2. The molecule has 98 valence electrons. The van der Waals surface area contributed by atoms with E-state index in [0.29, 0.717) is 23.9 Å². The number of carbonyl (C=O) groups excluding carboxylic acids is 1. The van der Waals surface area contributed by atoms with Crippen LogP contribution >= 0.6 is 12.2 Å². The molecule has 18 heavy (non-hydrogen) atoms. The van der Waals surface area contributed by atoms with Crippen molar-refractivity contribution in [3.8, 4) is 0 Å². The number of hydrogen-bond acceptors (Lipinski definition) is 3. The van der Waals surface area contributed by atoms with E-state index in [9.17, 15) is 4.79 Å². The van der Waals surface area contributed by atoms with E-state index in [2.05, 4.69) is 12.2 Å². The summed E-state index contributed by atoms with van der Waals surface area (Å²) in [5, 5.41) is 2.90. The molecule has 2 rings (SSSR count). The molecule has 1 aliphatic carbocycles. The summed E-state index contributed by atoms with van der Waals surface area (Å²) in [6, 6.07) is 3.72. The third kappa shape index (κ3) is 2.41. The highest BCUT2D eigenvalue weighted by molar-refractivity contribution is 7.80. The molecule has 1 heterocycles. The van der Waals surface area contributed by atoms with Gasteiger partial charge in [-0.25, -0.2) is 0 Å². The molecule has 0 aliphatic heterocycles. The summed E-state index contributed by atoms with van der Waals surface area (Å²) < 4.78 is 5.20. The zero-order valence-electron chi connectivity index (χ0n) is 10.4. The van der Waals surface area contributed by atoms with Crippen LogP contribution in [0, 0.1) is 11.3 Å². The zero-order valence-corrected chi connectivity index (χ0v) is 11.3. The van der Waals surface area contributed by atoms with Crippen molar-refractivity contribution < 1.29 is 9.21 Å². The maximum Gasteiger partial charge on any atom is 0.233 e. The molecule has 1 aromatic rings. The maximum atomic E-state index is 12.2. The van der Waals surface area contributed by atoms with E-state index >= 15 is 0 Å². The average Bonchev–Trinajstić information content (AvgIpc) is 2.76. The molecule has 4 nitrogen and oxygen atoms in total. The van der Waals surface area contributed by atoms with Crippen molar-refractivity contribution in [1.29, 1.82) is 0 Å². The highest BCUT2D eigenvalue weighted by Gasteiger charge is 2.50. The standard InChI is InChI=1S/C13H18N2O2S/c1-9-7-13(8-9,11(14)18)12(16)15-5-4-10-3-2-6-17-10/h2-3,6,9H,4-5,7-8H2,1H3,(H2,14,18)(H,15,16). The smallest absolute Gasteiger partial charge is 0.233 e. The van der Waals surface area contributed by atoms with Gasteiger partial charge in [-0.3, -0.25) is 4.79 Å². The quantitative estimate of drug-likeness (QED) is 0.795. The van der Waals surface area contributed by atoms with Crippen molar-refractivity contribution in [2.45, 2.75) is 26.2 Å². The minimum absolute atomic E-state index is 0.0420. The molecule has 3 N–H and O–H groups in total. The molecule has 0 spiro atoms. The summed E-state index contributed by atoms with van der Waals surface area (Å²) in [6.45, 7) is 2.65. The Kier molecular flexibility index (Phi) is 3.71. The van der Waals surface area contributed by atoms with Crippen LogP contribution in [0.5, 0.6) is 0 Å². The number of thiocarbonyl (C=S) groups is 1. The normalized spacial score (nSPS) is 26.4. The van der Waals surface area contributed by atoms with Crippen molar-refractivity contribution in [2.24, 2.45) is 17.1 Å². The number of nitrogens with one attached hydrogen (secondary N) is 1. The summed E-state index contributed by atoms with van der Waals surface area (Å²) >= 11 is 5.04. The summed E-state index contributed by atoms with van der Waals surface area (Å²) in [6.07, 6.45) is 3.83. The molecule has 0 aromatic carbocycles. The largest absolute Gasteiger partial charge is 0.469 e. The van der Waals surface area contributed by atoms with Gasteiger partial charge in [0.05, 0.1) is 16.7 Å². The van der Waals surface area contributed by atoms with E-state index in [1.165, 1.54) is 0 Å². The number of amides is 1. The van der Waals surface area contributed by atoms with Gasteiger partial charge < -0.3 is 15.5 Å². The summed E-state index contributed by atoms with van der Waals surface area (Å²) in [5.74, 6) is 1.34. The van der Waals surface area contributed by atoms with Crippen molar-refractivity contribution in [3.05, 3.63) is 24.2 Å². The van der Waals surface area contributed by atoms with Gasteiger partial charge in [0.15, 0.2) is 0 Å². The number of nitrogens with two attached hydrogens (primary N) is 1. The van der Waals surface area contributed by atoms with E-state index in [1.54, 1.807) is 6.26 Å². The molecule has 0 bridgehead atoms. The first-order chi connectivity index (χ1) is 8.54. The lowest BCUT2D eigenvalue weighted by molar-refractivity contribution is -0.132. The molecule has 0 unspecified atom stereocenters. The highest BCUT2D eigenvalue weighted by Crippen LogP contribution is 2.45. The fourth-order valence-corrected chi connectivity index (χ4v) is 2.81. The SMILES string of the molecule is CC1CC(C(=O)NCCc2ccco2)(C(N)=S)C1. The minimum Gasteiger partial charge on any atom is -0.469 e. The molecular formula is C13H18N2O2S. The fourth-order valence-electron chi connectivity index (χ4n) is 2.55. The predicted octanol–water partition coefficient (Wildman–Crippen LogP) is 1.64. The number of carbonyl (C=O) groups is 1. The van der Waals surface area contributed by atoms with E-state index < -0.39 is 5.41 Å². The van der Waals surface area contributed by atoms with Crippen LogP contribution in [0.25, 0.3) is 0 Å². The summed E-state index contributed by atoms with van der Waals surface area (Å²) in [5.41, 5.74) is 5.10. The van der Waals surface area contributed by atoms with Crippen LogP contribution in [-0.4, -0.2) is 17.4 Å². The molecule has 1 fully saturated rings. The van der Waals surface area contributed by atoms with Gasteiger partial charge in [0.1, 0.15) is 5.76 Å². The molecule has 0 radical (unpaired) electrons. The Morgan fingerprint density at radius 3 is 2.89 bits per heavy atom. The van der Waals surface area contributed by atoms with Gasteiger partial charge in [-0.15, -0.1) is 0 Å². The second-order valence-corrected chi connectivity index (χ2v) is 5.48. The first-order valence-electron chi connectivity index (χ1n) is 6.15. The summed E-state index contributed by atoms with van der Waals surface area (Å²) in [7, 11) is 0. The van der Waals surface area contributed by atoms with Crippen LogP contribution in [-0.2, 0) is 11.2 Å². The molecule has 0 atom stereocenters. The predicted molar refractivity (Wildman–Crippen MR) is 73.0 cm³/mol. The lowest BCUT2D eigenvalue weighted by atomic mass is 9.62. The molecule has 1 amide bonds. The highest BCUT2D eigenvalue weighted by atomic mass is 32.1. The minimum atomic E-state index is -0.613. The number of hydrogen-bond donors (Lipinski definition) is 2. The Hall–Kier alpha value is -1.36. The van der Waals surface area contributed by atoms with Gasteiger partial charge in [-0.2, -0.15) is 0 Å². The first-order valence-corrected chi connectivity index (χ1v) is 6.56. The Morgan fingerprint density at radius 2 is 2.39 bits per heavy atom. The zero-order chi connectivity index (χ0) is 13.2. The number of rotatable bonds is 5. The Bertz CT molecular complexity index is 436. The lowest BCUT2D eigenvalue weighted by Crippen LogP contribution is -2.56. The van der Waals surface area contributed by atoms with E-state index in [1.807, 2.05) is 12.1 Å². The fraction of sp³-hybridized carbons (Fsp3) is 0.538. The van der Waals surface area contributed by atoms with Crippen LogP contribution in [0.15, 0.2) is 22.8 Å². The molecular weight excluding hydrogens is 248 g/mol. The van der Waals surface area contributed by atoms with E-state index in [-0.39, 0.29) is 5.91 Å². The topological polar surface area (TPSA) is 68.3 Å². The van der Waals surface area contributed by atoms with Gasteiger partial charge in [-0.05, 0) is 30.9 Å². The van der Waals surface area contributed by atoms with E-state index in [0.717, 1.165) is 18.6 Å². The average molecular weight is 266 g/mol. The number of furan rings is 1. The van der Waals surface area contributed by atoms with Crippen molar-refractivity contribution in [3.63, 3.8) is 0 Å². The Labute approximate surface area is 112 Å². The molecule has 1 aliphatic rings. The van der Waals surface area contributed by atoms with Gasteiger partial charge in [0.2, 0.25) is 5.91 Å². The van der Waals surface area contributed by atoms with Gasteiger partial charge in [-0.1, -0.05) is 19.1 Å². The van der Waals surface area contributed by atoms with Gasteiger partial charge >= 0.3 is 0 Å². The van der Waals surface area contributed by atoms with Crippen LogP contribution in [0.3, 0.4) is 0 Å². The Balaban J connectivity index is 1.85. The van der Waals surface area contributed by atoms with Crippen LogP contribution in [0.2, 0.25) is 0 Å². The summed E-state index contributed by atoms with van der Waals surface area (Å²) in [4.78, 5) is 12.5. The monoisotopic (exact) mass is 266 g/mol. The third-order valence-electron chi connectivity index (χ3n) is 3.54. The van der Waals surface area contributed by atoms with E-state index in [4.69, 9.17) is 22.4 Å². The molecule has 5 heteroatoms. The van der Waals surface area contributed by atoms with Crippen LogP contribution in [0.1, 0.15) is 25.5 Å². The van der Waals surface area contributed by atoms with Crippen LogP contribution in [0.4, 0.5) is 0 Å². The second-order valence-electron chi connectivity index (χ2n) is 5.05. The van der Waals surface area contributed by atoms with Crippen molar-refractivity contribution in [2.75, 3.05) is 6.54 Å². The second kappa shape index (κ2) is 5.10. The molecule has 1 aromatic heterocycles. The molecule has 0 saturated heterocycles. The lowest BCUT2D eigenvalue weighted by Gasteiger charge is -2.44.